The Morgan fingerprint density at radius 1 is 1.22 bits per heavy atom. The molecule has 0 aromatic rings. The summed E-state index contributed by atoms with van der Waals surface area (Å²) in [5.74, 6) is 0. The highest BCUT2D eigenvalue weighted by Gasteiger charge is 2.50. The molecule has 0 radical (unpaired) electrons. The van der Waals surface area contributed by atoms with E-state index in [-0.39, 0.29) is 5.41 Å². The van der Waals surface area contributed by atoms with Crippen molar-refractivity contribution in [2.24, 2.45) is 5.41 Å². The van der Waals surface area contributed by atoms with E-state index in [4.69, 9.17) is 4.74 Å². The summed E-state index contributed by atoms with van der Waals surface area (Å²) in [4.78, 5) is 0. The van der Waals surface area contributed by atoms with E-state index in [1.165, 1.54) is 19.3 Å². The number of hydrogen-bond donors (Lipinski definition) is 1. The Morgan fingerprint density at radius 3 is 2.33 bits per heavy atom. The fraction of sp³-hybridized carbons (Fsp3) is 1.00. The van der Waals surface area contributed by atoms with Gasteiger partial charge >= 0.3 is 0 Å². The van der Waals surface area contributed by atoms with Gasteiger partial charge in [-0.05, 0) is 40.0 Å². The summed E-state index contributed by atoms with van der Waals surface area (Å²) in [6.45, 7) is 12.3. The van der Waals surface area contributed by atoms with E-state index in [0.29, 0.717) is 24.2 Å². The molecule has 3 heteroatoms. The molecule has 4 unspecified atom stereocenters. The molecule has 18 heavy (non-hydrogen) atoms. The molecule has 1 heterocycles. The van der Waals surface area contributed by atoms with Gasteiger partial charge in [-0.15, -0.1) is 0 Å². The Balaban J connectivity index is 1.90. The number of hydrogen-bond acceptors (Lipinski definition) is 3. The molecule has 1 saturated heterocycles. The highest BCUT2D eigenvalue weighted by Crippen LogP contribution is 2.43. The first kappa shape index (κ1) is 14.3. The van der Waals surface area contributed by atoms with Crippen LogP contribution in [0.1, 0.15) is 60.3 Å². The molecular formula is C15H30N2O. The Morgan fingerprint density at radius 2 is 1.83 bits per heavy atom. The number of hydrazine groups is 1. The molecule has 106 valence electrons. The van der Waals surface area contributed by atoms with Crippen molar-refractivity contribution >= 4 is 0 Å². The summed E-state index contributed by atoms with van der Waals surface area (Å²) in [5.41, 5.74) is 4.04. The first-order valence-electron chi connectivity index (χ1n) is 7.63. The molecule has 2 rings (SSSR count). The van der Waals surface area contributed by atoms with Gasteiger partial charge in [0, 0.05) is 30.1 Å². The molecule has 1 aliphatic heterocycles. The molecule has 3 nitrogen and oxygen atoms in total. The van der Waals surface area contributed by atoms with Crippen molar-refractivity contribution in [2.75, 3.05) is 6.61 Å². The van der Waals surface area contributed by atoms with Gasteiger partial charge in [-0.2, -0.15) is 0 Å². The van der Waals surface area contributed by atoms with E-state index in [9.17, 15) is 0 Å². The number of piperidine rings is 1. The van der Waals surface area contributed by atoms with E-state index in [2.05, 4.69) is 45.1 Å². The fourth-order valence-electron chi connectivity index (χ4n) is 3.44. The Hall–Kier alpha value is -0.120. The lowest BCUT2D eigenvalue weighted by atomic mass is 9.64. The van der Waals surface area contributed by atoms with Crippen LogP contribution < -0.4 is 5.43 Å². The van der Waals surface area contributed by atoms with Crippen LogP contribution in [-0.4, -0.2) is 35.8 Å². The number of rotatable bonds is 4. The van der Waals surface area contributed by atoms with Crippen molar-refractivity contribution in [3.63, 3.8) is 0 Å². The number of nitrogens with zero attached hydrogens (tertiary/aromatic N) is 1. The molecule has 0 aromatic carbocycles. The smallest absolute Gasteiger partial charge is 0.0656 e. The van der Waals surface area contributed by atoms with Crippen molar-refractivity contribution in [2.45, 2.75) is 84.5 Å². The summed E-state index contributed by atoms with van der Waals surface area (Å²) in [6, 6.07) is 1.89. The summed E-state index contributed by atoms with van der Waals surface area (Å²) in [5, 5.41) is 2.50. The fourth-order valence-corrected chi connectivity index (χ4v) is 3.44. The van der Waals surface area contributed by atoms with E-state index >= 15 is 0 Å². The van der Waals surface area contributed by atoms with Crippen LogP contribution in [0.15, 0.2) is 0 Å². The van der Waals surface area contributed by atoms with E-state index < -0.39 is 0 Å². The maximum Gasteiger partial charge on any atom is 0.0656 e. The predicted molar refractivity (Wildman–Crippen MR) is 75.3 cm³/mol. The van der Waals surface area contributed by atoms with Gasteiger partial charge in [0.1, 0.15) is 0 Å². The topological polar surface area (TPSA) is 24.5 Å². The average molecular weight is 254 g/mol. The Labute approximate surface area is 112 Å². The zero-order valence-electron chi connectivity index (χ0n) is 12.7. The van der Waals surface area contributed by atoms with Crippen LogP contribution in [0.5, 0.6) is 0 Å². The highest BCUT2D eigenvalue weighted by molar-refractivity contribution is 5.02. The normalized spacial score (nSPS) is 40.5. The second kappa shape index (κ2) is 5.48. The second-order valence-corrected chi connectivity index (χ2v) is 6.72. The van der Waals surface area contributed by atoms with Crippen LogP contribution >= 0.6 is 0 Å². The third-order valence-corrected chi connectivity index (χ3v) is 5.04. The predicted octanol–water partition coefficient (Wildman–Crippen LogP) is 2.96. The standard InChI is InChI=1S/C15H30N2O/c1-6-18-14-10-13(15(14,4)5)16-17-11(2)8-7-9-12(17)3/h11-14,16H,6-10H2,1-5H3. The monoisotopic (exact) mass is 254 g/mol. The van der Waals surface area contributed by atoms with Crippen LogP contribution in [0, 0.1) is 5.41 Å². The van der Waals surface area contributed by atoms with Gasteiger partial charge in [0.2, 0.25) is 0 Å². The quantitative estimate of drug-likeness (QED) is 0.835. The zero-order chi connectivity index (χ0) is 13.3. The van der Waals surface area contributed by atoms with Crippen LogP contribution in [0.25, 0.3) is 0 Å². The van der Waals surface area contributed by atoms with Crippen LogP contribution in [-0.2, 0) is 4.74 Å². The molecule has 2 fully saturated rings. The number of nitrogens with one attached hydrogen (secondary N) is 1. The van der Waals surface area contributed by atoms with Crippen molar-refractivity contribution < 1.29 is 4.74 Å². The zero-order valence-corrected chi connectivity index (χ0v) is 12.7. The summed E-state index contributed by atoms with van der Waals surface area (Å²) >= 11 is 0. The van der Waals surface area contributed by atoms with Crippen LogP contribution in [0.3, 0.4) is 0 Å². The first-order valence-corrected chi connectivity index (χ1v) is 7.63. The van der Waals surface area contributed by atoms with Crippen LogP contribution in [0.2, 0.25) is 0 Å². The minimum Gasteiger partial charge on any atom is -0.378 e. The Bertz CT molecular complexity index is 270. The van der Waals surface area contributed by atoms with E-state index in [0.717, 1.165) is 13.0 Å². The average Bonchev–Trinajstić information content (AvgIpc) is 2.31. The molecule has 0 aromatic heterocycles. The van der Waals surface area contributed by atoms with Crippen LogP contribution in [0.4, 0.5) is 0 Å². The van der Waals surface area contributed by atoms with Crippen molar-refractivity contribution in [1.29, 1.82) is 0 Å². The minimum atomic E-state index is 0.257. The molecule has 1 saturated carbocycles. The van der Waals surface area contributed by atoms with Crippen molar-refractivity contribution in [1.82, 2.24) is 10.4 Å². The summed E-state index contributed by atoms with van der Waals surface area (Å²) in [6.07, 6.45) is 5.58. The molecule has 0 amide bonds. The maximum absolute atomic E-state index is 5.81. The van der Waals surface area contributed by atoms with Gasteiger partial charge in [0.05, 0.1) is 6.10 Å². The lowest BCUT2D eigenvalue weighted by Crippen LogP contribution is -2.67. The van der Waals surface area contributed by atoms with Crippen molar-refractivity contribution in [3.05, 3.63) is 0 Å². The summed E-state index contributed by atoms with van der Waals surface area (Å²) < 4.78 is 5.81. The van der Waals surface area contributed by atoms with Gasteiger partial charge in [-0.1, -0.05) is 20.3 Å². The molecule has 1 aliphatic carbocycles. The largest absolute Gasteiger partial charge is 0.378 e. The van der Waals surface area contributed by atoms with Gasteiger partial charge in [-0.25, -0.2) is 5.01 Å². The second-order valence-electron chi connectivity index (χ2n) is 6.72. The molecular weight excluding hydrogens is 224 g/mol. The maximum atomic E-state index is 5.81. The molecule has 4 atom stereocenters. The van der Waals surface area contributed by atoms with E-state index in [1.54, 1.807) is 0 Å². The van der Waals surface area contributed by atoms with Crippen molar-refractivity contribution in [3.8, 4) is 0 Å². The molecule has 1 N–H and O–H groups in total. The lowest BCUT2D eigenvalue weighted by Gasteiger charge is -2.55. The van der Waals surface area contributed by atoms with Gasteiger partial charge in [0.15, 0.2) is 0 Å². The van der Waals surface area contributed by atoms with Gasteiger partial charge < -0.3 is 4.74 Å². The first-order chi connectivity index (χ1) is 8.46. The SMILES string of the molecule is CCOC1CC(NN2C(C)CCCC2C)C1(C)C. The van der Waals surface area contributed by atoms with Gasteiger partial charge in [0.25, 0.3) is 0 Å². The minimum absolute atomic E-state index is 0.257. The molecule has 0 bridgehead atoms. The third-order valence-electron chi connectivity index (χ3n) is 5.04. The van der Waals surface area contributed by atoms with E-state index in [1.807, 2.05) is 0 Å². The summed E-state index contributed by atoms with van der Waals surface area (Å²) in [7, 11) is 0. The van der Waals surface area contributed by atoms with Gasteiger partial charge in [-0.3, -0.25) is 5.43 Å². The Kier molecular flexibility index (Phi) is 4.35. The lowest BCUT2D eigenvalue weighted by molar-refractivity contribution is -0.141. The highest BCUT2D eigenvalue weighted by atomic mass is 16.5. The number of ether oxygens (including phenoxy) is 1. The molecule has 0 spiro atoms. The molecule has 2 aliphatic rings. The third kappa shape index (κ3) is 2.59.